The van der Waals surface area contributed by atoms with Gasteiger partial charge < -0.3 is 0 Å². The van der Waals surface area contributed by atoms with Crippen LogP contribution in [0.4, 0.5) is 0 Å². The summed E-state index contributed by atoms with van der Waals surface area (Å²) in [5, 5.41) is 0. The molecule has 3 aromatic rings. The number of hydrogen-bond acceptors (Lipinski definition) is 0. The second-order valence-electron chi connectivity index (χ2n) is 10.3. The summed E-state index contributed by atoms with van der Waals surface area (Å²) >= 11 is 3.78. The fraction of sp³-hybridized carbons (Fsp3) is 0.290. The third-order valence-corrected chi connectivity index (χ3v) is 8.37. The molecule has 0 saturated carbocycles. The van der Waals surface area contributed by atoms with E-state index in [1.807, 2.05) is 0 Å². The maximum Gasteiger partial charge on any atom is 0.0250 e. The lowest BCUT2D eigenvalue weighted by molar-refractivity contribution is 0.275. The maximum absolute atomic E-state index is 3.78. The van der Waals surface area contributed by atoms with Gasteiger partial charge in [0.05, 0.1) is 0 Å². The van der Waals surface area contributed by atoms with E-state index in [9.17, 15) is 0 Å². The maximum atomic E-state index is 3.78. The second-order valence-corrected chi connectivity index (χ2v) is 11.2. The fourth-order valence-corrected chi connectivity index (χ4v) is 6.96. The van der Waals surface area contributed by atoms with E-state index in [1.54, 1.807) is 0 Å². The Hall–Kier alpha value is -2.38. The Labute approximate surface area is 201 Å². The summed E-state index contributed by atoms with van der Waals surface area (Å²) in [5.41, 5.74) is 14.0. The molecule has 3 aromatic carbocycles. The van der Waals surface area contributed by atoms with Gasteiger partial charge in [-0.25, -0.2) is 0 Å². The van der Waals surface area contributed by atoms with Gasteiger partial charge in [0.25, 0.3) is 0 Å². The van der Waals surface area contributed by atoms with Crippen molar-refractivity contribution in [2.75, 3.05) is 0 Å². The molecular formula is C31H31Br. The summed E-state index contributed by atoms with van der Waals surface area (Å²) in [6.07, 6.45) is 4.84. The lowest BCUT2D eigenvalue weighted by Crippen LogP contribution is -2.29. The molecule has 0 heterocycles. The lowest BCUT2D eigenvalue weighted by Gasteiger charge is -2.41. The summed E-state index contributed by atoms with van der Waals surface area (Å²) in [6, 6.07) is 20.4. The van der Waals surface area contributed by atoms with Crippen molar-refractivity contribution in [1.29, 1.82) is 0 Å². The van der Waals surface area contributed by atoms with Gasteiger partial charge >= 0.3 is 0 Å². The highest BCUT2D eigenvalue weighted by Gasteiger charge is 2.45. The van der Waals surface area contributed by atoms with E-state index in [0.717, 1.165) is 0 Å². The standard InChI is InChI=1S/C31H31Br/c1-18-13-14-19(2)25(15-18)22-9-7-10-23-26(22)16-20(3)29(23)31(5,6)30-21(4)17-27-24(30)11-8-12-28(27)32/h7-17,29-30H,1-6H3. The molecule has 0 nitrogen and oxygen atoms in total. The van der Waals surface area contributed by atoms with E-state index < -0.39 is 0 Å². The summed E-state index contributed by atoms with van der Waals surface area (Å²) < 4.78 is 1.20. The van der Waals surface area contributed by atoms with Crippen LogP contribution in [0.5, 0.6) is 0 Å². The van der Waals surface area contributed by atoms with Gasteiger partial charge in [-0.05, 0) is 78.1 Å². The summed E-state index contributed by atoms with van der Waals surface area (Å²) in [7, 11) is 0. The van der Waals surface area contributed by atoms with Crippen molar-refractivity contribution >= 4 is 28.1 Å². The molecule has 0 spiro atoms. The molecule has 1 heteroatoms. The molecule has 0 aliphatic heterocycles. The Morgan fingerprint density at radius 2 is 1.28 bits per heavy atom. The normalized spacial score (nSPS) is 19.5. The number of benzene rings is 3. The van der Waals surface area contributed by atoms with Crippen LogP contribution in [-0.2, 0) is 0 Å². The van der Waals surface area contributed by atoms with Gasteiger partial charge in [0.1, 0.15) is 0 Å². The minimum Gasteiger partial charge on any atom is -0.0646 e. The molecule has 0 aromatic heterocycles. The van der Waals surface area contributed by atoms with E-state index in [0.29, 0.717) is 11.8 Å². The molecule has 162 valence electrons. The SMILES string of the molecule is CC1=Cc2c(Br)cccc2C1C(C)(C)C1C(C)=Cc2c(-c3cc(C)ccc3C)cccc21. The van der Waals surface area contributed by atoms with Crippen molar-refractivity contribution in [3.05, 3.63) is 104 Å². The van der Waals surface area contributed by atoms with Crippen LogP contribution in [0.3, 0.4) is 0 Å². The van der Waals surface area contributed by atoms with Crippen LogP contribution in [0, 0.1) is 19.3 Å². The Bertz CT molecular complexity index is 1300. The zero-order valence-corrected chi connectivity index (χ0v) is 21.5. The van der Waals surface area contributed by atoms with E-state index in [2.05, 4.69) is 124 Å². The Morgan fingerprint density at radius 3 is 1.97 bits per heavy atom. The smallest absolute Gasteiger partial charge is 0.0250 e. The molecular weight excluding hydrogens is 452 g/mol. The topological polar surface area (TPSA) is 0 Å². The number of fused-ring (bicyclic) bond motifs is 2. The average Bonchev–Trinajstić information content (AvgIpc) is 3.27. The van der Waals surface area contributed by atoms with Crippen LogP contribution in [0.15, 0.2) is 70.2 Å². The van der Waals surface area contributed by atoms with Crippen LogP contribution in [0.25, 0.3) is 23.3 Å². The summed E-state index contributed by atoms with van der Waals surface area (Å²) in [6.45, 7) is 14.0. The molecule has 0 saturated heterocycles. The van der Waals surface area contributed by atoms with Crippen molar-refractivity contribution in [2.45, 2.75) is 53.4 Å². The minimum absolute atomic E-state index is 0.0543. The van der Waals surface area contributed by atoms with Gasteiger partial charge in [0.2, 0.25) is 0 Å². The second kappa shape index (κ2) is 7.59. The number of rotatable bonds is 3. The molecule has 0 fully saturated rings. The van der Waals surface area contributed by atoms with Crippen molar-refractivity contribution < 1.29 is 0 Å². The van der Waals surface area contributed by atoms with Gasteiger partial charge in [-0.1, -0.05) is 107 Å². The zero-order chi connectivity index (χ0) is 22.8. The highest BCUT2D eigenvalue weighted by atomic mass is 79.9. The summed E-state index contributed by atoms with van der Waals surface area (Å²) in [4.78, 5) is 0. The molecule has 0 amide bonds. The van der Waals surface area contributed by atoms with Gasteiger partial charge in [0.15, 0.2) is 0 Å². The highest BCUT2D eigenvalue weighted by Crippen LogP contribution is 2.59. The first kappa shape index (κ1) is 21.5. The average molecular weight is 483 g/mol. The molecule has 32 heavy (non-hydrogen) atoms. The summed E-state index contributed by atoms with van der Waals surface area (Å²) in [5.74, 6) is 0.791. The largest absolute Gasteiger partial charge is 0.0646 e. The Morgan fingerprint density at radius 1 is 0.688 bits per heavy atom. The molecule has 0 bridgehead atoms. The minimum atomic E-state index is 0.0543. The first-order valence-corrected chi connectivity index (χ1v) is 12.3. The molecule has 2 aliphatic rings. The van der Waals surface area contributed by atoms with Crippen LogP contribution in [0.1, 0.15) is 72.9 Å². The van der Waals surface area contributed by atoms with E-state index >= 15 is 0 Å². The quantitative estimate of drug-likeness (QED) is 0.348. The van der Waals surface area contributed by atoms with Gasteiger partial charge in [-0.3, -0.25) is 0 Å². The van der Waals surface area contributed by atoms with E-state index in [4.69, 9.17) is 0 Å². The number of allylic oxidation sites excluding steroid dienone is 2. The van der Waals surface area contributed by atoms with Crippen LogP contribution >= 0.6 is 15.9 Å². The van der Waals surface area contributed by atoms with E-state index in [1.165, 1.54) is 60.1 Å². The van der Waals surface area contributed by atoms with Crippen LogP contribution in [0.2, 0.25) is 0 Å². The van der Waals surface area contributed by atoms with E-state index in [-0.39, 0.29) is 5.41 Å². The zero-order valence-electron chi connectivity index (χ0n) is 19.9. The molecule has 5 rings (SSSR count). The van der Waals surface area contributed by atoms with Crippen molar-refractivity contribution in [3.8, 4) is 11.1 Å². The van der Waals surface area contributed by atoms with Crippen molar-refractivity contribution in [3.63, 3.8) is 0 Å². The molecule has 0 N–H and O–H groups in total. The first-order chi connectivity index (χ1) is 15.2. The van der Waals surface area contributed by atoms with Crippen LogP contribution in [-0.4, -0.2) is 0 Å². The number of hydrogen-bond donors (Lipinski definition) is 0. The lowest BCUT2D eigenvalue weighted by atomic mass is 9.62. The van der Waals surface area contributed by atoms with Crippen LogP contribution < -0.4 is 0 Å². The molecule has 2 unspecified atom stereocenters. The molecule has 0 radical (unpaired) electrons. The molecule has 2 aliphatic carbocycles. The first-order valence-electron chi connectivity index (χ1n) is 11.6. The third-order valence-electron chi connectivity index (χ3n) is 7.67. The number of halogens is 1. The monoisotopic (exact) mass is 482 g/mol. The van der Waals surface area contributed by atoms with Crippen molar-refractivity contribution in [1.82, 2.24) is 0 Å². The van der Waals surface area contributed by atoms with Crippen molar-refractivity contribution in [2.24, 2.45) is 5.41 Å². The Kier molecular flexibility index (Phi) is 5.09. The predicted octanol–water partition coefficient (Wildman–Crippen LogP) is 9.46. The third kappa shape index (κ3) is 3.17. The highest BCUT2D eigenvalue weighted by molar-refractivity contribution is 9.10. The predicted molar refractivity (Wildman–Crippen MR) is 142 cm³/mol. The number of aryl methyl sites for hydroxylation is 2. The fourth-order valence-electron chi connectivity index (χ4n) is 6.47. The van der Waals surface area contributed by atoms with Gasteiger partial charge in [0, 0.05) is 16.3 Å². The van der Waals surface area contributed by atoms with Gasteiger partial charge in [-0.15, -0.1) is 0 Å². The Balaban J connectivity index is 1.65. The molecule has 2 atom stereocenters. The van der Waals surface area contributed by atoms with Gasteiger partial charge in [-0.2, -0.15) is 0 Å².